The number of ether oxygens (including phenoxy) is 2. The van der Waals surface area contributed by atoms with Crippen molar-refractivity contribution in [3.8, 4) is 5.75 Å². The van der Waals surface area contributed by atoms with Crippen LogP contribution in [0.1, 0.15) is 37.8 Å². The normalized spacial score (nSPS) is 19.1. The summed E-state index contributed by atoms with van der Waals surface area (Å²) in [5, 5.41) is 3.40. The lowest BCUT2D eigenvalue weighted by Gasteiger charge is -2.46. The summed E-state index contributed by atoms with van der Waals surface area (Å²) in [7, 11) is 3.82. The van der Waals surface area contributed by atoms with Gasteiger partial charge in [0.1, 0.15) is 5.75 Å². The number of hydrogen-bond donors (Lipinski definition) is 1. The molecule has 1 unspecified atom stereocenters. The zero-order valence-electron chi connectivity index (χ0n) is 11.5. The fraction of sp³-hybridized carbons (Fsp3) is 0.600. The van der Waals surface area contributed by atoms with Crippen LogP contribution in [0.15, 0.2) is 24.3 Å². The van der Waals surface area contributed by atoms with Crippen molar-refractivity contribution in [3.05, 3.63) is 29.8 Å². The molecule has 100 valence electrons. The summed E-state index contributed by atoms with van der Waals surface area (Å²) in [5.41, 5.74) is 1.24. The fourth-order valence-corrected chi connectivity index (χ4v) is 2.79. The molecule has 1 aliphatic carbocycles. The zero-order chi connectivity index (χ0) is 13.0. The summed E-state index contributed by atoms with van der Waals surface area (Å²) in [5.74, 6) is 0.927. The topological polar surface area (TPSA) is 30.5 Å². The summed E-state index contributed by atoms with van der Waals surface area (Å²) < 4.78 is 11.2. The predicted molar refractivity (Wildman–Crippen MR) is 73.0 cm³/mol. The van der Waals surface area contributed by atoms with Crippen molar-refractivity contribution in [1.29, 1.82) is 0 Å². The van der Waals surface area contributed by atoms with E-state index in [2.05, 4.69) is 17.4 Å². The van der Waals surface area contributed by atoms with Crippen molar-refractivity contribution in [1.82, 2.24) is 5.32 Å². The van der Waals surface area contributed by atoms with Gasteiger partial charge >= 0.3 is 0 Å². The molecule has 1 aliphatic rings. The Labute approximate surface area is 109 Å². The maximum Gasteiger partial charge on any atom is 0.119 e. The Balaban J connectivity index is 2.17. The van der Waals surface area contributed by atoms with E-state index in [0.29, 0.717) is 6.61 Å². The molecule has 0 bridgehead atoms. The van der Waals surface area contributed by atoms with Gasteiger partial charge in [-0.05, 0) is 50.9 Å². The number of methoxy groups -OCH3 is 1. The van der Waals surface area contributed by atoms with Crippen molar-refractivity contribution >= 4 is 0 Å². The second-order valence-electron chi connectivity index (χ2n) is 4.85. The van der Waals surface area contributed by atoms with Crippen LogP contribution in [0.5, 0.6) is 5.75 Å². The van der Waals surface area contributed by atoms with Gasteiger partial charge < -0.3 is 14.8 Å². The number of likely N-dealkylation sites (N-methyl/N-ethyl adjacent to an activating group) is 1. The van der Waals surface area contributed by atoms with E-state index >= 15 is 0 Å². The Hall–Kier alpha value is -1.06. The first-order valence-corrected chi connectivity index (χ1v) is 6.71. The molecular formula is C15H23NO2. The number of nitrogens with one attached hydrogen (secondary N) is 1. The third kappa shape index (κ3) is 2.38. The molecule has 3 heteroatoms. The maximum atomic E-state index is 5.77. The lowest BCUT2D eigenvalue weighted by molar-refractivity contribution is -0.0983. The van der Waals surface area contributed by atoms with E-state index in [1.54, 1.807) is 0 Å². The Morgan fingerprint density at radius 1 is 1.28 bits per heavy atom. The highest BCUT2D eigenvalue weighted by molar-refractivity contribution is 5.31. The van der Waals surface area contributed by atoms with Crippen LogP contribution in [0, 0.1) is 0 Å². The first-order valence-electron chi connectivity index (χ1n) is 6.71. The minimum atomic E-state index is -0.0259. The molecule has 1 saturated carbocycles. The van der Waals surface area contributed by atoms with Gasteiger partial charge in [0.05, 0.1) is 18.2 Å². The van der Waals surface area contributed by atoms with Gasteiger partial charge in [-0.2, -0.15) is 0 Å². The summed E-state index contributed by atoms with van der Waals surface area (Å²) >= 11 is 0. The highest BCUT2D eigenvalue weighted by Gasteiger charge is 2.44. The van der Waals surface area contributed by atoms with Gasteiger partial charge in [-0.3, -0.25) is 0 Å². The van der Waals surface area contributed by atoms with Crippen LogP contribution in [-0.4, -0.2) is 26.4 Å². The van der Waals surface area contributed by atoms with E-state index in [-0.39, 0.29) is 11.6 Å². The summed E-state index contributed by atoms with van der Waals surface area (Å²) in [6.07, 6.45) is 3.51. The van der Waals surface area contributed by atoms with E-state index in [4.69, 9.17) is 9.47 Å². The van der Waals surface area contributed by atoms with Crippen LogP contribution >= 0.6 is 0 Å². The highest BCUT2D eigenvalue weighted by atomic mass is 16.5. The SMILES string of the molecule is CCOc1ccc(C(NC)C2(OC)CCC2)cc1. The van der Waals surface area contributed by atoms with E-state index < -0.39 is 0 Å². The van der Waals surface area contributed by atoms with Crippen LogP contribution in [0.2, 0.25) is 0 Å². The van der Waals surface area contributed by atoms with Gasteiger partial charge in [0.15, 0.2) is 0 Å². The van der Waals surface area contributed by atoms with Crippen LogP contribution in [-0.2, 0) is 4.74 Å². The number of hydrogen-bond acceptors (Lipinski definition) is 3. The minimum Gasteiger partial charge on any atom is -0.494 e. The molecule has 0 spiro atoms. The third-order valence-electron chi connectivity index (χ3n) is 3.95. The van der Waals surface area contributed by atoms with E-state index in [1.165, 1.54) is 12.0 Å². The van der Waals surface area contributed by atoms with Gasteiger partial charge in [-0.25, -0.2) is 0 Å². The van der Waals surface area contributed by atoms with Crippen molar-refractivity contribution in [3.63, 3.8) is 0 Å². The Kier molecular flexibility index (Phi) is 4.25. The molecule has 0 aliphatic heterocycles. The first kappa shape index (κ1) is 13.4. The van der Waals surface area contributed by atoms with Crippen molar-refractivity contribution in [2.75, 3.05) is 20.8 Å². The average Bonchev–Trinajstić information content (AvgIpc) is 2.35. The first-order chi connectivity index (χ1) is 8.75. The summed E-state index contributed by atoms with van der Waals surface area (Å²) in [6, 6.07) is 8.58. The van der Waals surface area contributed by atoms with Gasteiger partial charge in [0, 0.05) is 7.11 Å². The van der Waals surface area contributed by atoms with E-state index in [0.717, 1.165) is 18.6 Å². The van der Waals surface area contributed by atoms with Crippen molar-refractivity contribution in [2.24, 2.45) is 0 Å². The molecular weight excluding hydrogens is 226 g/mol. The molecule has 3 nitrogen and oxygen atoms in total. The molecule has 1 aromatic rings. The van der Waals surface area contributed by atoms with Gasteiger partial charge in [-0.1, -0.05) is 12.1 Å². The van der Waals surface area contributed by atoms with Crippen LogP contribution < -0.4 is 10.1 Å². The van der Waals surface area contributed by atoms with Crippen LogP contribution in [0.3, 0.4) is 0 Å². The molecule has 0 radical (unpaired) electrons. The van der Waals surface area contributed by atoms with Crippen LogP contribution in [0.4, 0.5) is 0 Å². The minimum absolute atomic E-state index is 0.0259. The number of rotatable bonds is 6. The average molecular weight is 249 g/mol. The van der Waals surface area contributed by atoms with Crippen LogP contribution in [0.25, 0.3) is 0 Å². The second-order valence-corrected chi connectivity index (χ2v) is 4.85. The molecule has 1 atom stereocenters. The fourth-order valence-electron chi connectivity index (χ4n) is 2.79. The maximum absolute atomic E-state index is 5.77. The molecule has 1 aromatic carbocycles. The zero-order valence-corrected chi connectivity index (χ0v) is 11.5. The van der Waals surface area contributed by atoms with E-state index in [1.807, 2.05) is 33.2 Å². The predicted octanol–water partition coefficient (Wildman–Crippen LogP) is 2.91. The lowest BCUT2D eigenvalue weighted by atomic mass is 9.72. The summed E-state index contributed by atoms with van der Waals surface area (Å²) in [6.45, 7) is 2.70. The Morgan fingerprint density at radius 3 is 2.33 bits per heavy atom. The molecule has 0 aromatic heterocycles. The molecule has 18 heavy (non-hydrogen) atoms. The smallest absolute Gasteiger partial charge is 0.119 e. The highest BCUT2D eigenvalue weighted by Crippen LogP contribution is 2.44. The summed E-state index contributed by atoms with van der Waals surface area (Å²) in [4.78, 5) is 0. The number of benzene rings is 1. The monoisotopic (exact) mass is 249 g/mol. The molecule has 0 saturated heterocycles. The molecule has 0 heterocycles. The lowest BCUT2D eigenvalue weighted by Crippen LogP contribution is -2.49. The van der Waals surface area contributed by atoms with E-state index in [9.17, 15) is 0 Å². The van der Waals surface area contributed by atoms with Crippen molar-refractivity contribution in [2.45, 2.75) is 37.8 Å². The van der Waals surface area contributed by atoms with Gasteiger partial charge in [-0.15, -0.1) is 0 Å². The molecule has 0 amide bonds. The standard InChI is InChI=1S/C15H23NO2/c1-4-18-13-8-6-12(7-9-13)14(16-2)15(17-3)10-5-11-15/h6-9,14,16H,4-5,10-11H2,1-3H3. The van der Waals surface area contributed by atoms with Gasteiger partial charge in [0.25, 0.3) is 0 Å². The largest absolute Gasteiger partial charge is 0.494 e. The molecule has 2 rings (SSSR count). The molecule has 1 N–H and O–H groups in total. The van der Waals surface area contributed by atoms with Crippen molar-refractivity contribution < 1.29 is 9.47 Å². The second kappa shape index (κ2) is 5.72. The Bertz CT molecular complexity index is 365. The Morgan fingerprint density at radius 2 is 1.94 bits per heavy atom. The van der Waals surface area contributed by atoms with Gasteiger partial charge in [0.2, 0.25) is 0 Å². The quantitative estimate of drug-likeness (QED) is 0.841. The molecule has 1 fully saturated rings. The third-order valence-corrected chi connectivity index (χ3v) is 3.95.